The first kappa shape index (κ1) is 13.4. The maximum Gasteiger partial charge on any atom is 0.261 e. The third-order valence-electron chi connectivity index (χ3n) is 3.26. The van der Waals surface area contributed by atoms with Crippen molar-refractivity contribution in [2.24, 2.45) is 0 Å². The van der Waals surface area contributed by atoms with Gasteiger partial charge in [-0.15, -0.1) is 0 Å². The van der Waals surface area contributed by atoms with Crippen LogP contribution in [0, 0.1) is 5.82 Å². The van der Waals surface area contributed by atoms with Gasteiger partial charge in [-0.25, -0.2) is 9.37 Å². The van der Waals surface area contributed by atoms with Crippen molar-refractivity contribution < 1.29 is 9.50 Å². The smallest absolute Gasteiger partial charge is 0.261 e. The molecule has 2 heterocycles. The lowest BCUT2D eigenvalue weighted by Gasteiger charge is -2.13. The Balaban J connectivity index is 1.97. The Hall–Kier alpha value is -2.60. The molecule has 3 aromatic rings. The summed E-state index contributed by atoms with van der Waals surface area (Å²) in [5.74, 6) is -0.504. The van der Waals surface area contributed by atoms with Gasteiger partial charge in [0, 0.05) is 11.8 Å². The van der Waals surface area contributed by atoms with Gasteiger partial charge in [-0.3, -0.25) is 14.3 Å². The van der Waals surface area contributed by atoms with Crippen molar-refractivity contribution in [3.05, 3.63) is 70.8 Å². The summed E-state index contributed by atoms with van der Waals surface area (Å²) in [4.78, 5) is 20.3. The summed E-state index contributed by atoms with van der Waals surface area (Å²) < 4.78 is 14.9. The highest BCUT2D eigenvalue weighted by Crippen LogP contribution is 2.18. The van der Waals surface area contributed by atoms with E-state index in [1.807, 2.05) is 0 Å². The standard InChI is InChI=1S/C15H12FN3O2/c16-12-4-2-1-3-10(12)14(20)8-19-9-18-13-7-17-6-5-11(13)15(19)21/h1-7,9,14,20H,8H2. The number of hydrogen-bond acceptors (Lipinski definition) is 4. The first-order valence-electron chi connectivity index (χ1n) is 6.38. The van der Waals surface area contributed by atoms with E-state index in [2.05, 4.69) is 9.97 Å². The summed E-state index contributed by atoms with van der Waals surface area (Å²) in [6.45, 7) is -0.0645. The topological polar surface area (TPSA) is 68.0 Å². The molecule has 0 saturated heterocycles. The molecule has 5 nitrogen and oxygen atoms in total. The van der Waals surface area contributed by atoms with Crippen LogP contribution in [0.25, 0.3) is 10.9 Å². The monoisotopic (exact) mass is 285 g/mol. The van der Waals surface area contributed by atoms with Crippen LogP contribution in [0.15, 0.2) is 53.8 Å². The molecule has 21 heavy (non-hydrogen) atoms. The van der Waals surface area contributed by atoms with E-state index >= 15 is 0 Å². The van der Waals surface area contributed by atoms with Crippen LogP contribution in [0.1, 0.15) is 11.7 Å². The molecule has 0 fully saturated rings. The molecule has 0 aliphatic rings. The SMILES string of the molecule is O=c1c2ccncc2ncn1CC(O)c1ccccc1F. The molecule has 1 aromatic carbocycles. The Morgan fingerprint density at radius 1 is 1.29 bits per heavy atom. The maximum absolute atomic E-state index is 13.6. The summed E-state index contributed by atoms with van der Waals surface area (Å²) >= 11 is 0. The van der Waals surface area contributed by atoms with Crippen LogP contribution in [-0.2, 0) is 6.54 Å². The van der Waals surface area contributed by atoms with Gasteiger partial charge in [0.25, 0.3) is 5.56 Å². The molecular weight excluding hydrogens is 273 g/mol. The van der Waals surface area contributed by atoms with Gasteiger partial charge in [-0.1, -0.05) is 18.2 Å². The minimum atomic E-state index is -1.12. The van der Waals surface area contributed by atoms with Crippen molar-refractivity contribution >= 4 is 10.9 Å². The first-order valence-corrected chi connectivity index (χ1v) is 6.38. The Kier molecular flexibility index (Phi) is 3.45. The third-order valence-corrected chi connectivity index (χ3v) is 3.26. The molecule has 2 aromatic heterocycles. The highest BCUT2D eigenvalue weighted by Gasteiger charge is 2.14. The average molecular weight is 285 g/mol. The average Bonchev–Trinajstić information content (AvgIpc) is 2.51. The normalized spacial score (nSPS) is 12.5. The number of halogens is 1. The summed E-state index contributed by atoms with van der Waals surface area (Å²) in [6, 6.07) is 7.50. The van der Waals surface area contributed by atoms with Gasteiger partial charge < -0.3 is 5.11 Å². The van der Waals surface area contributed by atoms with Crippen LogP contribution < -0.4 is 5.56 Å². The van der Waals surface area contributed by atoms with E-state index in [4.69, 9.17) is 0 Å². The molecule has 0 aliphatic carbocycles. The van der Waals surface area contributed by atoms with Gasteiger partial charge in [0.1, 0.15) is 5.82 Å². The molecule has 0 saturated carbocycles. The molecule has 3 rings (SSSR count). The number of nitrogens with zero attached hydrogens (tertiary/aromatic N) is 3. The highest BCUT2D eigenvalue weighted by atomic mass is 19.1. The quantitative estimate of drug-likeness (QED) is 0.794. The van der Waals surface area contributed by atoms with Crippen molar-refractivity contribution in [2.45, 2.75) is 12.6 Å². The van der Waals surface area contributed by atoms with E-state index in [0.717, 1.165) is 0 Å². The van der Waals surface area contributed by atoms with Crippen molar-refractivity contribution in [1.82, 2.24) is 14.5 Å². The fourth-order valence-corrected chi connectivity index (χ4v) is 2.17. The van der Waals surface area contributed by atoms with Crippen LogP contribution >= 0.6 is 0 Å². The van der Waals surface area contributed by atoms with E-state index in [1.54, 1.807) is 18.2 Å². The molecule has 0 radical (unpaired) electrons. The maximum atomic E-state index is 13.6. The number of rotatable bonds is 3. The van der Waals surface area contributed by atoms with Crippen molar-refractivity contribution in [3.8, 4) is 0 Å². The molecule has 1 unspecified atom stereocenters. The largest absolute Gasteiger partial charge is 0.386 e. The van der Waals surface area contributed by atoms with Gasteiger partial charge in [-0.2, -0.15) is 0 Å². The van der Waals surface area contributed by atoms with Crippen LogP contribution in [0.5, 0.6) is 0 Å². The number of pyridine rings is 1. The summed E-state index contributed by atoms with van der Waals surface area (Å²) in [5.41, 5.74) is 0.344. The number of benzene rings is 1. The minimum Gasteiger partial charge on any atom is -0.386 e. The Labute approximate surface area is 119 Å². The highest BCUT2D eigenvalue weighted by molar-refractivity contribution is 5.75. The molecule has 1 atom stereocenters. The predicted molar refractivity (Wildman–Crippen MR) is 75.2 cm³/mol. The second-order valence-corrected chi connectivity index (χ2v) is 4.63. The van der Waals surface area contributed by atoms with Gasteiger partial charge >= 0.3 is 0 Å². The summed E-state index contributed by atoms with van der Waals surface area (Å²) in [7, 11) is 0. The van der Waals surface area contributed by atoms with Crippen LogP contribution in [0.3, 0.4) is 0 Å². The Morgan fingerprint density at radius 2 is 2.10 bits per heavy atom. The predicted octanol–water partition coefficient (Wildman–Crippen LogP) is 1.66. The number of hydrogen-bond donors (Lipinski definition) is 1. The first-order chi connectivity index (χ1) is 10.2. The molecule has 0 aliphatic heterocycles. The molecule has 106 valence electrons. The summed E-state index contributed by atoms with van der Waals surface area (Å²) in [5, 5.41) is 10.5. The van der Waals surface area contributed by atoms with Crippen molar-refractivity contribution in [1.29, 1.82) is 0 Å². The number of aliphatic hydroxyl groups is 1. The van der Waals surface area contributed by atoms with Gasteiger partial charge in [0.2, 0.25) is 0 Å². The van der Waals surface area contributed by atoms with Gasteiger partial charge in [0.15, 0.2) is 0 Å². The fraction of sp³-hybridized carbons (Fsp3) is 0.133. The molecule has 6 heteroatoms. The van der Waals surface area contributed by atoms with Crippen LogP contribution in [0.4, 0.5) is 4.39 Å². The molecule has 1 N–H and O–H groups in total. The lowest BCUT2D eigenvalue weighted by molar-refractivity contribution is 0.150. The lowest BCUT2D eigenvalue weighted by atomic mass is 10.1. The van der Waals surface area contributed by atoms with Gasteiger partial charge in [0.05, 0.1) is 36.1 Å². The van der Waals surface area contributed by atoms with E-state index < -0.39 is 11.9 Å². The molecule has 0 spiro atoms. The Bertz CT molecular complexity index is 847. The lowest BCUT2D eigenvalue weighted by Crippen LogP contribution is -2.24. The second-order valence-electron chi connectivity index (χ2n) is 4.63. The molecule has 0 bridgehead atoms. The number of aliphatic hydroxyl groups excluding tert-OH is 1. The van der Waals surface area contributed by atoms with E-state index in [9.17, 15) is 14.3 Å². The second kappa shape index (κ2) is 5.41. The van der Waals surface area contributed by atoms with E-state index in [0.29, 0.717) is 10.9 Å². The molecule has 0 amide bonds. The van der Waals surface area contributed by atoms with E-state index in [-0.39, 0.29) is 17.7 Å². The van der Waals surface area contributed by atoms with Crippen LogP contribution in [0.2, 0.25) is 0 Å². The van der Waals surface area contributed by atoms with Crippen LogP contribution in [-0.4, -0.2) is 19.6 Å². The zero-order chi connectivity index (χ0) is 14.8. The third kappa shape index (κ3) is 2.53. The van der Waals surface area contributed by atoms with Crippen molar-refractivity contribution in [3.63, 3.8) is 0 Å². The Morgan fingerprint density at radius 3 is 2.90 bits per heavy atom. The number of aromatic nitrogens is 3. The van der Waals surface area contributed by atoms with E-state index in [1.165, 1.54) is 35.4 Å². The van der Waals surface area contributed by atoms with Crippen molar-refractivity contribution in [2.75, 3.05) is 0 Å². The minimum absolute atomic E-state index is 0.0645. The zero-order valence-electron chi connectivity index (χ0n) is 11.0. The molecular formula is C15H12FN3O2. The summed E-state index contributed by atoms with van der Waals surface area (Å²) in [6.07, 6.45) is 3.21. The fourth-order valence-electron chi connectivity index (χ4n) is 2.17. The zero-order valence-corrected chi connectivity index (χ0v) is 11.0. The number of fused-ring (bicyclic) bond motifs is 1. The van der Waals surface area contributed by atoms with Gasteiger partial charge in [-0.05, 0) is 12.1 Å².